The summed E-state index contributed by atoms with van der Waals surface area (Å²) in [5.74, 6) is -0.119. The average molecular weight is 255 g/mol. The second-order valence-electron chi connectivity index (χ2n) is 4.52. The summed E-state index contributed by atoms with van der Waals surface area (Å²) in [6.07, 6.45) is 0. The smallest absolute Gasteiger partial charge is 0.251 e. The Bertz CT molecular complexity index is 608. The molecule has 1 heterocycles. The van der Waals surface area contributed by atoms with Gasteiger partial charge in [-0.3, -0.25) is 9.78 Å². The van der Waals surface area contributed by atoms with E-state index in [0.29, 0.717) is 17.8 Å². The van der Waals surface area contributed by atoms with Crippen molar-refractivity contribution < 1.29 is 4.79 Å². The molecule has 0 aliphatic carbocycles. The molecule has 0 radical (unpaired) electrons. The molecule has 0 unspecified atom stereocenters. The second kappa shape index (κ2) is 5.52. The summed E-state index contributed by atoms with van der Waals surface area (Å²) in [7, 11) is 0. The third-order valence-corrected chi connectivity index (χ3v) is 2.91. The van der Waals surface area contributed by atoms with Gasteiger partial charge in [-0.2, -0.15) is 0 Å². The Hall–Kier alpha value is -2.36. The van der Waals surface area contributed by atoms with Crippen LogP contribution in [0, 0.1) is 13.8 Å². The molecule has 1 aromatic heterocycles. The molecule has 0 saturated carbocycles. The van der Waals surface area contributed by atoms with E-state index < -0.39 is 0 Å². The highest BCUT2D eigenvalue weighted by atomic mass is 16.1. The first-order valence-electron chi connectivity index (χ1n) is 6.13. The van der Waals surface area contributed by atoms with Crippen LogP contribution in [-0.2, 0) is 6.54 Å². The summed E-state index contributed by atoms with van der Waals surface area (Å²) < 4.78 is 0. The quantitative estimate of drug-likeness (QED) is 0.826. The number of benzene rings is 1. The highest BCUT2D eigenvalue weighted by Gasteiger charge is 2.06. The van der Waals surface area contributed by atoms with Crippen LogP contribution in [0.15, 0.2) is 36.4 Å². The van der Waals surface area contributed by atoms with Crippen molar-refractivity contribution in [2.75, 3.05) is 5.73 Å². The van der Waals surface area contributed by atoms with E-state index in [-0.39, 0.29) is 5.91 Å². The van der Waals surface area contributed by atoms with E-state index in [4.69, 9.17) is 5.73 Å². The van der Waals surface area contributed by atoms with Crippen LogP contribution in [0.2, 0.25) is 0 Å². The van der Waals surface area contributed by atoms with E-state index in [1.807, 2.05) is 32.0 Å². The van der Waals surface area contributed by atoms with E-state index in [9.17, 15) is 4.79 Å². The maximum absolute atomic E-state index is 12.0. The van der Waals surface area contributed by atoms with Crippen LogP contribution in [0.5, 0.6) is 0 Å². The van der Waals surface area contributed by atoms with Crippen LogP contribution in [0.25, 0.3) is 0 Å². The first-order chi connectivity index (χ1) is 9.06. The van der Waals surface area contributed by atoms with Crippen LogP contribution >= 0.6 is 0 Å². The zero-order valence-electron chi connectivity index (χ0n) is 11.1. The largest absolute Gasteiger partial charge is 0.399 e. The van der Waals surface area contributed by atoms with Crippen molar-refractivity contribution in [1.82, 2.24) is 10.3 Å². The van der Waals surface area contributed by atoms with E-state index in [1.54, 1.807) is 18.2 Å². The summed E-state index contributed by atoms with van der Waals surface area (Å²) in [6.45, 7) is 4.23. The topological polar surface area (TPSA) is 68.0 Å². The molecule has 19 heavy (non-hydrogen) atoms. The van der Waals surface area contributed by atoms with Crippen LogP contribution < -0.4 is 11.1 Å². The number of aryl methyl sites for hydroxylation is 2. The van der Waals surface area contributed by atoms with E-state index in [0.717, 1.165) is 17.0 Å². The Morgan fingerprint density at radius 3 is 2.74 bits per heavy atom. The molecule has 2 aromatic rings. The standard InChI is InChI=1S/C15H17N3O/c1-10-8-12(6-7-14(10)16)15(19)17-9-13-5-3-4-11(2)18-13/h3-8H,9,16H2,1-2H3,(H,17,19). The highest BCUT2D eigenvalue weighted by Crippen LogP contribution is 2.12. The molecule has 3 N–H and O–H groups in total. The minimum absolute atomic E-state index is 0.119. The molecule has 0 spiro atoms. The number of anilines is 1. The molecule has 0 aliphatic heterocycles. The zero-order valence-corrected chi connectivity index (χ0v) is 11.1. The van der Waals surface area contributed by atoms with Gasteiger partial charge in [-0.05, 0) is 49.7 Å². The van der Waals surface area contributed by atoms with E-state index in [2.05, 4.69) is 10.3 Å². The molecule has 0 bridgehead atoms. The summed E-state index contributed by atoms with van der Waals surface area (Å²) >= 11 is 0. The lowest BCUT2D eigenvalue weighted by Crippen LogP contribution is -2.23. The lowest BCUT2D eigenvalue weighted by Gasteiger charge is -2.07. The fourth-order valence-electron chi connectivity index (χ4n) is 1.79. The number of amides is 1. The number of nitrogen functional groups attached to an aromatic ring is 1. The van der Waals surface area contributed by atoms with Gasteiger partial charge in [-0.25, -0.2) is 0 Å². The number of carbonyl (C=O) groups is 1. The minimum atomic E-state index is -0.119. The number of rotatable bonds is 3. The summed E-state index contributed by atoms with van der Waals surface area (Å²) in [4.78, 5) is 16.3. The second-order valence-corrected chi connectivity index (χ2v) is 4.52. The average Bonchev–Trinajstić information content (AvgIpc) is 2.39. The lowest BCUT2D eigenvalue weighted by molar-refractivity contribution is 0.0950. The predicted octanol–water partition coefficient (Wildman–Crippen LogP) is 2.21. The maximum atomic E-state index is 12.0. The van der Waals surface area contributed by atoms with E-state index >= 15 is 0 Å². The van der Waals surface area contributed by atoms with Crippen molar-refractivity contribution in [3.05, 3.63) is 58.9 Å². The first kappa shape index (κ1) is 13.1. The minimum Gasteiger partial charge on any atom is -0.399 e. The molecule has 0 saturated heterocycles. The van der Waals surface area contributed by atoms with Crippen molar-refractivity contribution in [1.29, 1.82) is 0 Å². The van der Waals surface area contributed by atoms with Crippen LogP contribution in [0.4, 0.5) is 5.69 Å². The maximum Gasteiger partial charge on any atom is 0.251 e. The number of nitrogens with zero attached hydrogens (tertiary/aromatic N) is 1. The fraction of sp³-hybridized carbons (Fsp3) is 0.200. The Labute approximate surface area is 112 Å². The predicted molar refractivity (Wildman–Crippen MR) is 75.7 cm³/mol. The Kier molecular flexibility index (Phi) is 3.80. The van der Waals surface area contributed by atoms with Crippen molar-refractivity contribution in [2.24, 2.45) is 0 Å². The molecule has 98 valence electrons. The third-order valence-electron chi connectivity index (χ3n) is 2.91. The van der Waals surface area contributed by atoms with Gasteiger partial charge in [0, 0.05) is 16.9 Å². The molecule has 4 heteroatoms. The molecular weight excluding hydrogens is 238 g/mol. The summed E-state index contributed by atoms with van der Waals surface area (Å²) in [6, 6.07) is 11.0. The van der Waals surface area contributed by atoms with Crippen LogP contribution in [0.1, 0.15) is 27.3 Å². The molecule has 0 aliphatic rings. The van der Waals surface area contributed by atoms with Crippen molar-refractivity contribution in [2.45, 2.75) is 20.4 Å². The number of hydrogen-bond acceptors (Lipinski definition) is 3. The van der Waals surface area contributed by atoms with Gasteiger partial charge in [0.05, 0.1) is 12.2 Å². The molecule has 2 rings (SSSR count). The summed E-state index contributed by atoms with van der Waals surface area (Å²) in [5, 5.41) is 2.85. The number of carbonyl (C=O) groups excluding carboxylic acids is 1. The Morgan fingerprint density at radius 1 is 1.26 bits per heavy atom. The SMILES string of the molecule is Cc1cccc(CNC(=O)c2ccc(N)c(C)c2)n1. The molecule has 1 aromatic carbocycles. The monoisotopic (exact) mass is 255 g/mol. The van der Waals surface area contributed by atoms with Gasteiger partial charge in [0.2, 0.25) is 0 Å². The molecule has 0 fully saturated rings. The van der Waals surface area contributed by atoms with E-state index in [1.165, 1.54) is 0 Å². The number of hydrogen-bond donors (Lipinski definition) is 2. The normalized spacial score (nSPS) is 10.2. The number of nitrogens with two attached hydrogens (primary N) is 1. The van der Waals surface area contributed by atoms with Crippen LogP contribution in [-0.4, -0.2) is 10.9 Å². The van der Waals surface area contributed by atoms with Gasteiger partial charge in [-0.15, -0.1) is 0 Å². The third kappa shape index (κ3) is 3.31. The number of pyridine rings is 1. The van der Waals surface area contributed by atoms with Gasteiger partial charge in [0.1, 0.15) is 0 Å². The number of aromatic nitrogens is 1. The van der Waals surface area contributed by atoms with Gasteiger partial charge < -0.3 is 11.1 Å². The molecule has 4 nitrogen and oxygen atoms in total. The molecular formula is C15H17N3O. The Balaban J connectivity index is 2.03. The van der Waals surface area contributed by atoms with Gasteiger partial charge in [0.15, 0.2) is 0 Å². The zero-order chi connectivity index (χ0) is 13.8. The van der Waals surface area contributed by atoms with Crippen LogP contribution in [0.3, 0.4) is 0 Å². The lowest BCUT2D eigenvalue weighted by atomic mass is 10.1. The molecule has 1 amide bonds. The summed E-state index contributed by atoms with van der Waals surface area (Å²) in [5.41, 5.74) is 9.72. The fourth-order valence-corrected chi connectivity index (χ4v) is 1.79. The molecule has 0 atom stereocenters. The van der Waals surface area contributed by atoms with Gasteiger partial charge in [0.25, 0.3) is 5.91 Å². The highest BCUT2D eigenvalue weighted by molar-refractivity contribution is 5.94. The van der Waals surface area contributed by atoms with Crippen molar-refractivity contribution in [3.8, 4) is 0 Å². The number of nitrogens with one attached hydrogen (secondary N) is 1. The first-order valence-corrected chi connectivity index (χ1v) is 6.13. The van der Waals surface area contributed by atoms with Gasteiger partial charge in [-0.1, -0.05) is 6.07 Å². The van der Waals surface area contributed by atoms with Crippen molar-refractivity contribution >= 4 is 11.6 Å². The van der Waals surface area contributed by atoms with Crippen molar-refractivity contribution in [3.63, 3.8) is 0 Å². The van der Waals surface area contributed by atoms with Gasteiger partial charge >= 0.3 is 0 Å². The Morgan fingerprint density at radius 2 is 2.05 bits per heavy atom.